The molecular formula is C26H47N5O2S. The first-order chi connectivity index (χ1) is 16.6. The maximum Gasteiger partial charge on any atom is 0.280 e. The third-order valence-electron chi connectivity index (χ3n) is 6.42. The highest BCUT2D eigenvalue weighted by Gasteiger charge is 2.11. The van der Waals surface area contributed by atoms with Crippen molar-refractivity contribution in [1.29, 1.82) is 0 Å². The van der Waals surface area contributed by atoms with Gasteiger partial charge in [-0.1, -0.05) is 103 Å². The van der Waals surface area contributed by atoms with Gasteiger partial charge in [-0.15, -0.1) is 11.8 Å². The summed E-state index contributed by atoms with van der Waals surface area (Å²) in [7, 11) is 0. The van der Waals surface area contributed by atoms with Crippen LogP contribution in [-0.4, -0.2) is 35.8 Å². The Bertz CT molecular complexity index is 838. The number of fused-ring (bicyclic) bond motifs is 1. The number of aromatic amines is 1. The minimum Gasteiger partial charge on any atom is -0.382 e. The Kier molecular flexibility index (Phi) is 15.0. The first kappa shape index (κ1) is 28.7. The third-order valence-corrected chi connectivity index (χ3v) is 7.56. The van der Waals surface area contributed by atoms with Crippen LogP contribution in [0.15, 0.2) is 11.1 Å². The summed E-state index contributed by atoms with van der Waals surface area (Å²) in [5.41, 5.74) is 5.62. The number of aliphatic hydroxyl groups is 1. The number of H-pyrrole nitrogens is 1. The Labute approximate surface area is 209 Å². The van der Waals surface area contributed by atoms with Gasteiger partial charge in [-0.3, -0.25) is 9.78 Å². The second kappa shape index (κ2) is 17.8. The molecule has 0 saturated carbocycles. The molecule has 0 aromatic carbocycles. The molecule has 0 bridgehead atoms. The van der Waals surface area contributed by atoms with Crippen LogP contribution in [-0.2, 0) is 6.54 Å². The monoisotopic (exact) mass is 493 g/mol. The minimum atomic E-state index is -0.423. The van der Waals surface area contributed by atoms with Gasteiger partial charge in [0.1, 0.15) is 5.44 Å². The van der Waals surface area contributed by atoms with Crippen LogP contribution in [0.25, 0.3) is 11.2 Å². The van der Waals surface area contributed by atoms with Crippen molar-refractivity contribution in [3.8, 4) is 0 Å². The molecule has 0 aliphatic rings. The maximum atomic E-state index is 11.8. The van der Waals surface area contributed by atoms with Crippen LogP contribution in [0.1, 0.15) is 116 Å². The summed E-state index contributed by atoms with van der Waals surface area (Å²) in [4.78, 5) is 22.5. The lowest BCUT2D eigenvalue weighted by Gasteiger charge is -2.11. The molecule has 34 heavy (non-hydrogen) atoms. The summed E-state index contributed by atoms with van der Waals surface area (Å²) in [6.07, 6.45) is 24.1. The largest absolute Gasteiger partial charge is 0.382 e. The Morgan fingerprint density at radius 2 is 1.47 bits per heavy atom. The van der Waals surface area contributed by atoms with Gasteiger partial charge in [0.05, 0.1) is 6.33 Å². The van der Waals surface area contributed by atoms with Gasteiger partial charge in [-0.05, 0) is 12.2 Å². The lowest BCUT2D eigenvalue weighted by atomic mass is 10.0. The van der Waals surface area contributed by atoms with Crippen LogP contribution in [0.3, 0.4) is 0 Å². The smallest absolute Gasteiger partial charge is 0.280 e. The van der Waals surface area contributed by atoms with Crippen LogP contribution >= 0.6 is 11.8 Å². The van der Waals surface area contributed by atoms with E-state index in [1.165, 1.54) is 96.3 Å². The standard InChI is InChI=1S/C26H47N5O2S/c1-2-3-4-5-6-7-8-9-10-11-12-13-14-15-16-17-20-34-22(32)18-19-31-21-28-23-24(31)29-26(27)30-25(23)33/h21-22,32H,2-20H2,1H3,(H3,27,29,30,33). The molecular weight excluding hydrogens is 446 g/mol. The van der Waals surface area contributed by atoms with E-state index in [1.807, 2.05) is 0 Å². The molecule has 0 spiro atoms. The zero-order valence-electron chi connectivity index (χ0n) is 21.3. The van der Waals surface area contributed by atoms with Crippen molar-refractivity contribution in [1.82, 2.24) is 19.5 Å². The molecule has 2 aromatic heterocycles. The molecule has 8 heteroatoms. The molecule has 0 aliphatic heterocycles. The van der Waals surface area contributed by atoms with Crippen molar-refractivity contribution in [3.63, 3.8) is 0 Å². The molecule has 0 radical (unpaired) electrons. The maximum absolute atomic E-state index is 11.8. The summed E-state index contributed by atoms with van der Waals surface area (Å²) in [5.74, 6) is 1.06. The molecule has 0 saturated heterocycles. The van der Waals surface area contributed by atoms with Crippen molar-refractivity contribution in [3.05, 3.63) is 16.7 Å². The molecule has 194 valence electrons. The SMILES string of the molecule is CCCCCCCCCCCCCCCCCCSC(O)CCn1cnc2c(=O)[nH]c(N)nc21. The highest BCUT2D eigenvalue weighted by atomic mass is 32.2. The average Bonchev–Trinajstić information content (AvgIpc) is 3.22. The summed E-state index contributed by atoms with van der Waals surface area (Å²) in [5, 5.41) is 10.3. The van der Waals surface area contributed by atoms with E-state index in [2.05, 4.69) is 21.9 Å². The number of aromatic nitrogens is 4. The van der Waals surface area contributed by atoms with Gasteiger partial charge in [0.15, 0.2) is 11.2 Å². The van der Waals surface area contributed by atoms with Gasteiger partial charge in [-0.2, -0.15) is 4.98 Å². The van der Waals surface area contributed by atoms with E-state index in [9.17, 15) is 9.90 Å². The molecule has 0 aliphatic carbocycles. The number of hydrogen-bond acceptors (Lipinski definition) is 6. The first-order valence-electron chi connectivity index (χ1n) is 13.6. The number of nitrogen functional groups attached to an aromatic ring is 1. The van der Waals surface area contributed by atoms with E-state index in [-0.39, 0.29) is 17.0 Å². The van der Waals surface area contributed by atoms with Gasteiger partial charge in [0.25, 0.3) is 5.56 Å². The van der Waals surface area contributed by atoms with Crippen LogP contribution in [0, 0.1) is 0 Å². The summed E-state index contributed by atoms with van der Waals surface area (Å²) < 4.78 is 1.78. The molecule has 7 nitrogen and oxygen atoms in total. The number of thioether (sulfide) groups is 1. The number of nitrogens with one attached hydrogen (secondary N) is 1. The fraction of sp³-hybridized carbons (Fsp3) is 0.808. The third kappa shape index (κ3) is 11.7. The normalized spacial score (nSPS) is 12.5. The Hall–Kier alpha value is -1.54. The summed E-state index contributed by atoms with van der Waals surface area (Å²) in [6.45, 7) is 2.83. The van der Waals surface area contributed by atoms with Crippen LogP contribution in [0.2, 0.25) is 0 Å². The number of nitrogens with two attached hydrogens (primary N) is 1. The number of aryl methyl sites for hydroxylation is 1. The fourth-order valence-corrected chi connectivity index (χ4v) is 5.25. The van der Waals surface area contributed by atoms with E-state index < -0.39 is 5.44 Å². The molecule has 0 fully saturated rings. The topological polar surface area (TPSA) is 110 Å². The zero-order valence-corrected chi connectivity index (χ0v) is 22.1. The average molecular weight is 494 g/mol. The van der Waals surface area contributed by atoms with Gasteiger partial charge < -0.3 is 15.4 Å². The predicted molar refractivity (Wildman–Crippen MR) is 145 cm³/mol. The highest BCUT2D eigenvalue weighted by molar-refractivity contribution is 7.99. The predicted octanol–water partition coefficient (Wildman–Crippen LogP) is 6.41. The number of rotatable bonds is 21. The minimum absolute atomic E-state index is 0.0812. The van der Waals surface area contributed by atoms with Crippen molar-refractivity contribution < 1.29 is 5.11 Å². The molecule has 2 rings (SSSR count). The van der Waals surface area contributed by atoms with Crippen LogP contribution in [0.4, 0.5) is 5.95 Å². The number of aliphatic hydroxyl groups excluding tert-OH is 1. The van der Waals surface area contributed by atoms with Crippen molar-refractivity contribution >= 4 is 28.9 Å². The molecule has 2 aromatic rings. The van der Waals surface area contributed by atoms with Crippen molar-refractivity contribution in [2.24, 2.45) is 0 Å². The first-order valence-corrected chi connectivity index (χ1v) is 14.7. The summed E-state index contributed by atoms with van der Waals surface area (Å²) in [6, 6.07) is 0. The van der Waals surface area contributed by atoms with Crippen LogP contribution < -0.4 is 11.3 Å². The molecule has 0 amide bonds. The van der Waals surface area contributed by atoms with Gasteiger partial charge >= 0.3 is 0 Å². The number of anilines is 1. The van der Waals surface area contributed by atoms with Crippen molar-refractivity contribution in [2.75, 3.05) is 11.5 Å². The fourth-order valence-electron chi connectivity index (χ4n) is 4.34. The molecule has 4 N–H and O–H groups in total. The van der Waals surface area contributed by atoms with E-state index in [0.29, 0.717) is 18.6 Å². The quantitative estimate of drug-likeness (QED) is 0.137. The molecule has 2 heterocycles. The van der Waals surface area contributed by atoms with E-state index in [0.717, 1.165) is 12.2 Å². The van der Waals surface area contributed by atoms with Crippen molar-refractivity contribution in [2.45, 2.75) is 128 Å². The highest BCUT2D eigenvalue weighted by Crippen LogP contribution is 2.18. The number of imidazole rings is 1. The summed E-state index contributed by atoms with van der Waals surface area (Å²) >= 11 is 1.61. The van der Waals surface area contributed by atoms with Gasteiger partial charge in [0.2, 0.25) is 5.95 Å². The second-order valence-corrected chi connectivity index (χ2v) is 10.8. The Morgan fingerprint density at radius 1 is 0.941 bits per heavy atom. The number of unbranched alkanes of at least 4 members (excludes halogenated alkanes) is 15. The van der Waals surface area contributed by atoms with E-state index in [4.69, 9.17) is 5.73 Å². The van der Waals surface area contributed by atoms with E-state index in [1.54, 1.807) is 22.7 Å². The van der Waals surface area contributed by atoms with Crippen LogP contribution in [0.5, 0.6) is 0 Å². The Morgan fingerprint density at radius 3 is 2.03 bits per heavy atom. The number of nitrogens with zero attached hydrogens (tertiary/aromatic N) is 3. The van der Waals surface area contributed by atoms with E-state index >= 15 is 0 Å². The van der Waals surface area contributed by atoms with Gasteiger partial charge in [-0.25, -0.2) is 4.98 Å². The lowest BCUT2D eigenvalue weighted by molar-refractivity contribution is 0.245. The second-order valence-electron chi connectivity index (χ2n) is 9.48. The van der Waals surface area contributed by atoms with Gasteiger partial charge in [0, 0.05) is 13.0 Å². The Balaban J connectivity index is 1.38. The lowest BCUT2D eigenvalue weighted by Crippen LogP contribution is -2.13. The zero-order chi connectivity index (χ0) is 24.4. The molecule has 1 unspecified atom stereocenters. The number of hydrogen-bond donors (Lipinski definition) is 3. The molecule has 1 atom stereocenters.